The van der Waals surface area contributed by atoms with Crippen LogP contribution in [-0.2, 0) is 6.54 Å². The van der Waals surface area contributed by atoms with Gasteiger partial charge in [-0.2, -0.15) is 5.26 Å². The molecule has 0 unspecified atom stereocenters. The smallest absolute Gasteiger partial charge is 0.163 e. The van der Waals surface area contributed by atoms with Crippen molar-refractivity contribution in [2.45, 2.75) is 13.0 Å². The zero-order valence-electron chi connectivity index (χ0n) is 9.24. The molecule has 0 saturated heterocycles. The van der Waals surface area contributed by atoms with E-state index >= 15 is 0 Å². The second-order valence-electron chi connectivity index (χ2n) is 3.46. The monoisotopic (exact) mass is 228 g/mol. The molecular formula is C11H12N6. The number of rotatable bonds is 5. The summed E-state index contributed by atoms with van der Waals surface area (Å²) < 4.78 is 1.77. The second kappa shape index (κ2) is 5.61. The molecule has 0 aliphatic heterocycles. The van der Waals surface area contributed by atoms with Gasteiger partial charge in [-0.1, -0.05) is 5.21 Å². The van der Waals surface area contributed by atoms with E-state index in [9.17, 15) is 0 Å². The Morgan fingerprint density at radius 3 is 3.12 bits per heavy atom. The van der Waals surface area contributed by atoms with E-state index in [4.69, 9.17) is 5.26 Å². The molecule has 0 spiro atoms. The van der Waals surface area contributed by atoms with Gasteiger partial charge in [0, 0.05) is 25.5 Å². The number of hydrogen-bond donors (Lipinski definition) is 1. The number of pyridine rings is 1. The van der Waals surface area contributed by atoms with Gasteiger partial charge < -0.3 is 5.32 Å². The van der Waals surface area contributed by atoms with Crippen LogP contribution in [0.4, 0.5) is 5.69 Å². The molecule has 17 heavy (non-hydrogen) atoms. The Morgan fingerprint density at radius 1 is 1.41 bits per heavy atom. The topological polar surface area (TPSA) is 79.4 Å². The van der Waals surface area contributed by atoms with E-state index in [1.807, 2.05) is 18.3 Å². The number of aromatic nitrogens is 4. The van der Waals surface area contributed by atoms with Crippen molar-refractivity contribution in [1.29, 1.82) is 5.26 Å². The summed E-state index contributed by atoms with van der Waals surface area (Å²) in [6, 6.07) is 5.70. The first-order valence-corrected chi connectivity index (χ1v) is 5.33. The molecule has 6 heteroatoms. The minimum atomic E-state index is 0.424. The molecule has 0 radical (unpaired) electrons. The van der Waals surface area contributed by atoms with Crippen LogP contribution in [0.15, 0.2) is 30.7 Å². The highest BCUT2D eigenvalue weighted by atomic mass is 15.4. The predicted octanol–water partition coefficient (Wildman–Crippen LogP) is 1.05. The van der Waals surface area contributed by atoms with Crippen LogP contribution in [0.1, 0.15) is 12.1 Å². The Hall–Kier alpha value is -2.42. The lowest BCUT2D eigenvalue weighted by atomic mass is 10.3. The molecule has 0 amide bonds. The van der Waals surface area contributed by atoms with E-state index in [-0.39, 0.29) is 0 Å². The fourth-order valence-corrected chi connectivity index (χ4v) is 1.45. The Bertz CT molecular complexity index is 499. The second-order valence-corrected chi connectivity index (χ2v) is 3.46. The molecular weight excluding hydrogens is 216 g/mol. The summed E-state index contributed by atoms with van der Waals surface area (Å²) in [6.07, 6.45) is 6.00. The standard InChI is InChI=1S/C11H12N6/c12-9-11-10(3-1-4-14-11)13-5-2-7-17-8-6-15-16-17/h1,3-4,6,8,13H,2,5,7H2. The van der Waals surface area contributed by atoms with Gasteiger partial charge in [0.15, 0.2) is 5.69 Å². The van der Waals surface area contributed by atoms with Crippen molar-refractivity contribution in [2.24, 2.45) is 0 Å². The van der Waals surface area contributed by atoms with Gasteiger partial charge in [0.25, 0.3) is 0 Å². The molecule has 2 heterocycles. The lowest BCUT2D eigenvalue weighted by Gasteiger charge is -2.06. The average molecular weight is 228 g/mol. The van der Waals surface area contributed by atoms with E-state index in [0.717, 1.165) is 25.2 Å². The summed E-state index contributed by atoms with van der Waals surface area (Å²) in [6.45, 7) is 1.56. The molecule has 0 saturated carbocycles. The molecule has 6 nitrogen and oxygen atoms in total. The molecule has 0 aromatic carbocycles. The summed E-state index contributed by atoms with van der Waals surface area (Å²) in [7, 11) is 0. The van der Waals surface area contributed by atoms with Crippen LogP contribution in [0.2, 0.25) is 0 Å². The molecule has 0 atom stereocenters. The largest absolute Gasteiger partial charge is 0.383 e. The highest BCUT2D eigenvalue weighted by Gasteiger charge is 2.00. The maximum atomic E-state index is 8.85. The Morgan fingerprint density at radius 2 is 2.35 bits per heavy atom. The third-order valence-corrected chi connectivity index (χ3v) is 2.26. The number of hydrogen-bond acceptors (Lipinski definition) is 5. The maximum Gasteiger partial charge on any atom is 0.163 e. The van der Waals surface area contributed by atoms with Gasteiger partial charge in [0.05, 0.1) is 11.9 Å². The van der Waals surface area contributed by atoms with Gasteiger partial charge in [-0.3, -0.25) is 4.68 Å². The third-order valence-electron chi connectivity index (χ3n) is 2.26. The number of nitriles is 1. The summed E-state index contributed by atoms with van der Waals surface area (Å²) in [4.78, 5) is 3.97. The highest BCUT2D eigenvalue weighted by molar-refractivity contribution is 5.53. The van der Waals surface area contributed by atoms with Crippen LogP contribution in [0.25, 0.3) is 0 Å². The van der Waals surface area contributed by atoms with Gasteiger partial charge in [0.1, 0.15) is 6.07 Å². The first-order valence-electron chi connectivity index (χ1n) is 5.33. The summed E-state index contributed by atoms with van der Waals surface area (Å²) >= 11 is 0. The van der Waals surface area contributed by atoms with Gasteiger partial charge >= 0.3 is 0 Å². The number of nitrogens with one attached hydrogen (secondary N) is 1. The molecule has 1 N–H and O–H groups in total. The highest BCUT2D eigenvalue weighted by Crippen LogP contribution is 2.10. The minimum Gasteiger partial charge on any atom is -0.383 e. The fourth-order valence-electron chi connectivity index (χ4n) is 1.45. The molecule has 2 aromatic heterocycles. The first-order chi connectivity index (χ1) is 8.40. The Labute approximate surface area is 98.9 Å². The molecule has 2 rings (SSSR count). The van der Waals surface area contributed by atoms with Crippen molar-refractivity contribution in [3.05, 3.63) is 36.4 Å². The summed E-state index contributed by atoms with van der Waals surface area (Å²) in [5.74, 6) is 0. The van der Waals surface area contributed by atoms with Crippen LogP contribution in [0.5, 0.6) is 0 Å². The lowest BCUT2D eigenvalue weighted by Crippen LogP contribution is -2.08. The van der Waals surface area contributed by atoms with Crippen LogP contribution in [0.3, 0.4) is 0 Å². The molecule has 0 bridgehead atoms. The molecule has 0 aliphatic carbocycles. The SMILES string of the molecule is N#Cc1ncccc1NCCCn1ccnn1. The molecule has 86 valence electrons. The van der Waals surface area contributed by atoms with Crippen LogP contribution >= 0.6 is 0 Å². The maximum absolute atomic E-state index is 8.85. The zero-order chi connectivity index (χ0) is 11.9. The number of anilines is 1. The van der Waals surface area contributed by atoms with Gasteiger partial charge in [0.2, 0.25) is 0 Å². The summed E-state index contributed by atoms with van der Waals surface area (Å²) in [5.41, 5.74) is 1.20. The molecule has 0 fully saturated rings. The Kier molecular flexibility index (Phi) is 3.65. The van der Waals surface area contributed by atoms with Crippen LogP contribution in [-0.4, -0.2) is 26.5 Å². The van der Waals surface area contributed by atoms with Crippen molar-refractivity contribution in [1.82, 2.24) is 20.0 Å². The van der Waals surface area contributed by atoms with E-state index in [1.165, 1.54) is 0 Å². The van der Waals surface area contributed by atoms with Crippen molar-refractivity contribution >= 4 is 5.69 Å². The quantitative estimate of drug-likeness (QED) is 0.774. The van der Waals surface area contributed by atoms with Crippen LogP contribution in [0, 0.1) is 11.3 Å². The van der Waals surface area contributed by atoms with Crippen LogP contribution < -0.4 is 5.32 Å². The van der Waals surface area contributed by atoms with E-state index in [0.29, 0.717) is 5.69 Å². The van der Waals surface area contributed by atoms with Gasteiger partial charge in [-0.05, 0) is 18.6 Å². The normalized spacial score (nSPS) is 9.82. The van der Waals surface area contributed by atoms with Crippen molar-refractivity contribution < 1.29 is 0 Å². The Balaban J connectivity index is 1.80. The lowest BCUT2D eigenvalue weighted by molar-refractivity contribution is 0.570. The van der Waals surface area contributed by atoms with E-state index < -0.39 is 0 Å². The molecule has 0 aliphatic rings. The van der Waals surface area contributed by atoms with Gasteiger partial charge in [-0.25, -0.2) is 4.98 Å². The number of nitrogens with zero attached hydrogens (tertiary/aromatic N) is 5. The summed E-state index contributed by atoms with van der Waals surface area (Å²) in [5, 5.41) is 19.6. The third kappa shape index (κ3) is 3.01. The van der Waals surface area contributed by atoms with Crippen molar-refractivity contribution in [3.63, 3.8) is 0 Å². The fraction of sp³-hybridized carbons (Fsp3) is 0.273. The first kappa shape index (κ1) is 11.1. The van der Waals surface area contributed by atoms with E-state index in [2.05, 4.69) is 20.6 Å². The van der Waals surface area contributed by atoms with Gasteiger partial charge in [-0.15, -0.1) is 5.10 Å². The number of aryl methyl sites for hydroxylation is 1. The zero-order valence-corrected chi connectivity index (χ0v) is 9.24. The van der Waals surface area contributed by atoms with Crippen molar-refractivity contribution in [2.75, 3.05) is 11.9 Å². The van der Waals surface area contributed by atoms with E-state index in [1.54, 1.807) is 23.1 Å². The molecule has 2 aromatic rings. The minimum absolute atomic E-state index is 0.424. The predicted molar refractivity (Wildman–Crippen MR) is 62.1 cm³/mol. The average Bonchev–Trinajstić information content (AvgIpc) is 2.88. The van der Waals surface area contributed by atoms with Crippen molar-refractivity contribution in [3.8, 4) is 6.07 Å².